The minimum Gasteiger partial charge on any atom is -0.393 e. The molecule has 0 aliphatic heterocycles. The maximum Gasteiger partial charge on any atom is 0.0543 e. The van der Waals surface area contributed by atoms with Gasteiger partial charge in [-0.3, -0.25) is 0 Å². The summed E-state index contributed by atoms with van der Waals surface area (Å²) in [5.74, 6) is 4.38. The highest BCUT2D eigenvalue weighted by atomic mass is 16.3. The summed E-state index contributed by atoms with van der Waals surface area (Å²) in [7, 11) is 0. The van der Waals surface area contributed by atoms with Crippen LogP contribution in [0, 0.1) is 40.4 Å². The van der Waals surface area contributed by atoms with Gasteiger partial charge in [0.05, 0.1) is 6.10 Å². The highest BCUT2D eigenvalue weighted by Gasteiger charge is 2.60. The van der Waals surface area contributed by atoms with Crippen molar-refractivity contribution >= 4 is 0 Å². The Morgan fingerprint density at radius 3 is 2.35 bits per heavy atom. The zero-order valence-corrected chi connectivity index (χ0v) is 15.5. The number of allylic oxidation sites excluding steroid dienone is 1. The standard InChI is InChI=1S/C22H36O/c1-14(2)18-7-8-19-17-6-5-15-13-16(23)9-11-21(15,3)20(17)10-12-22(18,19)4/h15-20,23H,1,5-13H2,2-4H3/t15-,16?,17-,18+,19-,20-,21-,22+/m0/s1. The van der Waals surface area contributed by atoms with Crippen LogP contribution < -0.4 is 0 Å². The SMILES string of the molecule is C=C(C)[C@H]1CC[C@H]2[C@@H]3CC[C@H]4CC(O)CC[C@]4(C)[C@H]3CC[C@]12C. The topological polar surface area (TPSA) is 20.2 Å². The molecule has 4 saturated carbocycles. The van der Waals surface area contributed by atoms with Crippen molar-refractivity contribution < 1.29 is 5.11 Å². The number of rotatable bonds is 1. The van der Waals surface area contributed by atoms with Gasteiger partial charge in [-0.1, -0.05) is 26.0 Å². The van der Waals surface area contributed by atoms with Crippen LogP contribution in [0.15, 0.2) is 12.2 Å². The summed E-state index contributed by atoms with van der Waals surface area (Å²) in [4.78, 5) is 0. The molecular formula is C22H36O. The van der Waals surface area contributed by atoms with Gasteiger partial charge >= 0.3 is 0 Å². The van der Waals surface area contributed by atoms with Gasteiger partial charge in [0, 0.05) is 0 Å². The van der Waals surface area contributed by atoms with Crippen LogP contribution in [0.3, 0.4) is 0 Å². The first kappa shape index (κ1) is 16.2. The molecule has 0 aromatic heterocycles. The van der Waals surface area contributed by atoms with Crippen LogP contribution in [0.25, 0.3) is 0 Å². The Kier molecular flexibility index (Phi) is 3.76. The van der Waals surface area contributed by atoms with E-state index in [1.165, 1.54) is 50.5 Å². The van der Waals surface area contributed by atoms with Crippen molar-refractivity contribution in [2.45, 2.75) is 84.7 Å². The zero-order valence-electron chi connectivity index (χ0n) is 15.5. The second kappa shape index (κ2) is 5.35. The van der Waals surface area contributed by atoms with Crippen molar-refractivity contribution in [2.24, 2.45) is 40.4 Å². The van der Waals surface area contributed by atoms with E-state index in [9.17, 15) is 5.11 Å². The van der Waals surface area contributed by atoms with Crippen molar-refractivity contribution in [1.82, 2.24) is 0 Å². The molecule has 0 saturated heterocycles. The highest BCUT2D eigenvalue weighted by molar-refractivity contribution is 5.15. The molecule has 0 aromatic rings. The van der Waals surface area contributed by atoms with Crippen molar-refractivity contribution in [3.05, 3.63) is 12.2 Å². The molecule has 4 aliphatic rings. The van der Waals surface area contributed by atoms with Crippen LogP contribution in [0.1, 0.15) is 78.6 Å². The van der Waals surface area contributed by atoms with E-state index in [0.29, 0.717) is 10.8 Å². The average Bonchev–Trinajstić information content (AvgIpc) is 2.85. The monoisotopic (exact) mass is 316 g/mol. The molecule has 4 rings (SSSR count). The minimum atomic E-state index is -0.0160. The zero-order chi connectivity index (χ0) is 16.4. The summed E-state index contributed by atoms with van der Waals surface area (Å²) in [6.45, 7) is 11.8. The maximum atomic E-state index is 10.1. The van der Waals surface area contributed by atoms with Crippen LogP contribution in [0.4, 0.5) is 0 Å². The number of hydrogen-bond acceptors (Lipinski definition) is 1. The van der Waals surface area contributed by atoms with Gasteiger partial charge in [0.2, 0.25) is 0 Å². The lowest BCUT2D eigenvalue weighted by Crippen LogP contribution is -2.53. The van der Waals surface area contributed by atoms with Gasteiger partial charge in [-0.2, -0.15) is 0 Å². The second-order valence-electron chi connectivity index (χ2n) is 10.1. The molecular weight excluding hydrogens is 280 g/mol. The summed E-state index contributed by atoms with van der Waals surface area (Å²) < 4.78 is 0. The number of aliphatic hydroxyl groups excluding tert-OH is 1. The lowest BCUT2D eigenvalue weighted by atomic mass is 9.44. The maximum absolute atomic E-state index is 10.1. The summed E-state index contributed by atoms with van der Waals surface area (Å²) in [5.41, 5.74) is 2.49. The molecule has 0 spiro atoms. The smallest absolute Gasteiger partial charge is 0.0543 e. The first-order valence-corrected chi connectivity index (χ1v) is 10.2. The van der Waals surface area contributed by atoms with Gasteiger partial charge in [-0.25, -0.2) is 0 Å². The Hall–Kier alpha value is -0.300. The first-order valence-electron chi connectivity index (χ1n) is 10.2. The predicted molar refractivity (Wildman–Crippen MR) is 96.0 cm³/mol. The predicted octanol–water partition coefficient (Wildman–Crippen LogP) is 5.58. The molecule has 0 aromatic carbocycles. The summed E-state index contributed by atoms with van der Waals surface area (Å²) in [6.07, 6.45) is 11.9. The molecule has 0 heterocycles. The first-order chi connectivity index (χ1) is 10.9. The quantitative estimate of drug-likeness (QED) is 0.626. The number of hydrogen-bond donors (Lipinski definition) is 1. The minimum absolute atomic E-state index is 0.0160. The molecule has 0 amide bonds. The lowest BCUT2D eigenvalue weighted by Gasteiger charge is -2.61. The van der Waals surface area contributed by atoms with E-state index >= 15 is 0 Å². The van der Waals surface area contributed by atoms with E-state index in [2.05, 4.69) is 27.4 Å². The molecule has 1 nitrogen and oxygen atoms in total. The van der Waals surface area contributed by atoms with Crippen LogP contribution in [-0.4, -0.2) is 11.2 Å². The van der Waals surface area contributed by atoms with E-state index in [0.717, 1.165) is 42.4 Å². The van der Waals surface area contributed by atoms with Crippen molar-refractivity contribution in [2.75, 3.05) is 0 Å². The fourth-order valence-corrected chi connectivity index (χ4v) is 8.04. The Morgan fingerprint density at radius 1 is 0.913 bits per heavy atom. The van der Waals surface area contributed by atoms with Crippen molar-refractivity contribution in [3.8, 4) is 0 Å². The van der Waals surface area contributed by atoms with E-state index < -0.39 is 0 Å². The molecule has 0 bridgehead atoms. The highest BCUT2D eigenvalue weighted by Crippen LogP contribution is 2.68. The lowest BCUT2D eigenvalue weighted by molar-refractivity contribution is -0.124. The van der Waals surface area contributed by atoms with Crippen LogP contribution in [0.5, 0.6) is 0 Å². The Morgan fingerprint density at radius 2 is 1.61 bits per heavy atom. The third-order valence-electron chi connectivity index (χ3n) is 9.23. The van der Waals surface area contributed by atoms with Gasteiger partial charge in [0.15, 0.2) is 0 Å². The number of fused-ring (bicyclic) bond motifs is 5. The third-order valence-corrected chi connectivity index (χ3v) is 9.23. The van der Waals surface area contributed by atoms with Crippen molar-refractivity contribution in [1.29, 1.82) is 0 Å². The normalized spacial score (nSPS) is 55.7. The largest absolute Gasteiger partial charge is 0.393 e. The van der Waals surface area contributed by atoms with E-state index in [-0.39, 0.29) is 6.10 Å². The summed E-state index contributed by atoms with van der Waals surface area (Å²) >= 11 is 0. The second-order valence-corrected chi connectivity index (χ2v) is 10.1. The molecule has 1 N–H and O–H groups in total. The molecule has 23 heavy (non-hydrogen) atoms. The van der Waals surface area contributed by atoms with Crippen LogP contribution in [-0.2, 0) is 0 Å². The van der Waals surface area contributed by atoms with Crippen LogP contribution in [0.2, 0.25) is 0 Å². The Balaban J connectivity index is 1.61. The van der Waals surface area contributed by atoms with Crippen LogP contribution >= 0.6 is 0 Å². The average molecular weight is 317 g/mol. The van der Waals surface area contributed by atoms with Gasteiger partial charge < -0.3 is 5.11 Å². The molecule has 8 atom stereocenters. The molecule has 4 fully saturated rings. The Labute approximate surface area is 142 Å². The molecule has 4 aliphatic carbocycles. The van der Waals surface area contributed by atoms with E-state index in [4.69, 9.17) is 0 Å². The molecule has 130 valence electrons. The van der Waals surface area contributed by atoms with E-state index in [1.54, 1.807) is 0 Å². The Bertz CT molecular complexity index is 496. The summed E-state index contributed by atoms with van der Waals surface area (Å²) in [5, 5.41) is 10.1. The molecule has 1 heteroatoms. The fraction of sp³-hybridized carbons (Fsp3) is 0.909. The fourth-order valence-electron chi connectivity index (χ4n) is 8.04. The molecule has 0 radical (unpaired) electrons. The van der Waals surface area contributed by atoms with Gasteiger partial charge in [-0.05, 0) is 105 Å². The van der Waals surface area contributed by atoms with E-state index in [1.807, 2.05) is 0 Å². The summed E-state index contributed by atoms with van der Waals surface area (Å²) in [6, 6.07) is 0. The number of aliphatic hydroxyl groups is 1. The van der Waals surface area contributed by atoms with Gasteiger partial charge in [-0.15, -0.1) is 0 Å². The third kappa shape index (κ3) is 2.21. The molecule has 1 unspecified atom stereocenters. The van der Waals surface area contributed by atoms with Gasteiger partial charge in [0.1, 0.15) is 0 Å². The van der Waals surface area contributed by atoms with Gasteiger partial charge in [0.25, 0.3) is 0 Å². The van der Waals surface area contributed by atoms with Crippen molar-refractivity contribution in [3.63, 3.8) is 0 Å².